The predicted molar refractivity (Wildman–Crippen MR) is 72.1 cm³/mol. The molecule has 0 heterocycles. The van der Waals surface area contributed by atoms with Gasteiger partial charge >= 0.3 is 5.97 Å². The summed E-state index contributed by atoms with van der Waals surface area (Å²) in [6, 6.07) is 3.16. The molecular formula is C12H12BrNO5. The molecule has 102 valence electrons. The minimum atomic E-state index is -1.06. The van der Waals surface area contributed by atoms with Crippen molar-refractivity contribution in [1.82, 2.24) is 0 Å². The highest BCUT2D eigenvalue weighted by Crippen LogP contribution is 2.34. The number of halogens is 1. The van der Waals surface area contributed by atoms with Gasteiger partial charge in [-0.15, -0.1) is 0 Å². The fraction of sp³-hybridized carbons (Fsp3) is 0.167. The summed E-state index contributed by atoms with van der Waals surface area (Å²) in [4.78, 5) is 21.1. The van der Waals surface area contributed by atoms with Crippen molar-refractivity contribution in [2.24, 2.45) is 5.73 Å². The molecule has 19 heavy (non-hydrogen) atoms. The number of hydrogen-bond acceptors (Lipinski definition) is 4. The average molecular weight is 330 g/mol. The first-order chi connectivity index (χ1) is 8.93. The van der Waals surface area contributed by atoms with Crippen LogP contribution in [0.2, 0.25) is 0 Å². The quantitative estimate of drug-likeness (QED) is 0.769. The van der Waals surface area contributed by atoms with Crippen LogP contribution in [-0.2, 0) is 9.59 Å². The first kappa shape index (κ1) is 15.0. The van der Waals surface area contributed by atoms with Crippen molar-refractivity contribution in [3.8, 4) is 11.5 Å². The highest BCUT2D eigenvalue weighted by atomic mass is 79.9. The smallest absolute Gasteiger partial charge is 0.328 e. The molecule has 0 saturated carbocycles. The standard InChI is InChI=1S/C12H12BrNO5/c1-18-9-4-7(2-3-12(16)17)8(13)5-10(9)19-6-11(14)15/h2-5H,6H2,1H3,(H2,14,15)(H,16,17)/b3-2+. The van der Waals surface area contributed by atoms with Crippen LogP contribution >= 0.6 is 15.9 Å². The summed E-state index contributed by atoms with van der Waals surface area (Å²) in [5.74, 6) is -0.955. The highest BCUT2D eigenvalue weighted by Gasteiger charge is 2.10. The summed E-state index contributed by atoms with van der Waals surface area (Å²) >= 11 is 3.27. The van der Waals surface area contributed by atoms with Crippen molar-refractivity contribution < 1.29 is 24.2 Å². The van der Waals surface area contributed by atoms with E-state index < -0.39 is 11.9 Å². The molecule has 6 nitrogen and oxygen atoms in total. The Kier molecular flexibility index (Phi) is 5.37. The zero-order valence-corrected chi connectivity index (χ0v) is 11.6. The Morgan fingerprint density at radius 2 is 2.11 bits per heavy atom. The van der Waals surface area contributed by atoms with Gasteiger partial charge in [-0.3, -0.25) is 4.79 Å². The van der Waals surface area contributed by atoms with E-state index >= 15 is 0 Å². The van der Waals surface area contributed by atoms with Gasteiger partial charge in [0.1, 0.15) is 0 Å². The molecule has 1 aromatic rings. The predicted octanol–water partition coefficient (Wildman–Crippen LogP) is 1.42. The Labute approximate surface area is 117 Å². The van der Waals surface area contributed by atoms with Crippen LogP contribution in [0.3, 0.4) is 0 Å². The zero-order chi connectivity index (χ0) is 14.4. The van der Waals surface area contributed by atoms with Crippen molar-refractivity contribution in [2.75, 3.05) is 13.7 Å². The van der Waals surface area contributed by atoms with Crippen LogP contribution in [0.1, 0.15) is 5.56 Å². The van der Waals surface area contributed by atoms with Gasteiger partial charge in [0.05, 0.1) is 7.11 Å². The van der Waals surface area contributed by atoms with E-state index in [1.807, 2.05) is 0 Å². The Morgan fingerprint density at radius 1 is 1.42 bits per heavy atom. The Hall–Kier alpha value is -2.02. The number of carboxylic acid groups (broad SMARTS) is 1. The third-order valence-electron chi connectivity index (χ3n) is 2.06. The molecule has 0 spiro atoms. The molecule has 7 heteroatoms. The van der Waals surface area contributed by atoms with Crippen molar-refractivity contribution in [3.63, 3.8) is 0 Å². The van der Waals surface area contributed by atoms with Crippen LogP contribution in [0.15, 0.2) is 22.7 Å². The number of aliphatic carboxylic acids is 1. The van der Waals surface area contributed by atoms with Gasteiger partial charge in [0.25, 0.3) is 5.91 Å². The van der Waals surface area contributed by atoms with E-state index in [-0.39, 0.29) is 6.61 Å². The largest absolute Gasteiger partial charge is 0.493 e. The van der Waals surface area contributed by atoms with Crippen molar-refractivity contribution in [1.29, 1.82) is 0 Å². The second-order valence-electron chi connectivity index (χ2n) is 3.45. The zero-order valence-electron chi connectivity index (χ0n) is 10.1. The first-order valence-electron chi connectivity index (χ1n) is 5.13. The third kappa shape index (κ3) is 4.63. The van der Waals surface area contributed by atoms with Crippen LogP contribution in [0.5, 0.6) is 11.5 Å². The van der Waals surface area contributed by atoms with Crippen LogP contribution in [0.4, 0.5) is 0 Å². The van der Waals surface area contributed by atoms with Gasteiger partial charge in [-0.05, 0) is 23.8 Å². The molecule has 0 saturated heterocycles. The lowest BCUT2D eigenvalue weighted by Gasteiger charge is -2.11. The summed E-state index contributed by atoms with van der Waals surface area (Å²) in [5.41, 5.74) is 5.59. The maximum absolute atomic E-state index is 10.7. The van der Waals surface area contributed by atoms with E-state index in [0.29, 0.717) is 21.5 Å². The maximum atomic E-state index is 10.7. The number of nitrogens with two attached hydrogens (primary N) is 1. The second-order valence-corrected chi connectivity index (χ2v) is 4.31. The number of hydrogen-bond donors (Lipinski definition) is 2. The maximum Gasteiger partial charge on any atom is 0.328 e. The lowest BCUT2D eigenvalue weighted by atomic mass is 10.2. The normalized spacial score (nSPS) is 10.4. The van der Waals surface area contributed by atoms with E-state index in [1.165, 1.54) is 13.2 Å². The Morgan fingerprint density at radius 3 is 2.63 bits per heavy atom. The molecule has 0 unspecified atom stereocenters. The number of ether oxygens (including phenoxy) is 2. The van der Waals surface area contributed by atoms with Crippen molar-refractivity contribution in [2.45, 2.75) is 0 Å². The molecule has 1 amide bonds. The van der Waals surface area contributed by atoms with E-state index in [4.69, 9.17) is 20.3 Å². The van der Waals surface area contributed by atoms with Gasteiger partial charge < -0.3 is 20.3 Å². The summed E-state index contributed by atoms with van der Waals surface area (Å²) < 4.78 is 10.9. The van der Waals surface area contributed by atoms with Gasteiger partial charge in [-0.25, -0.2) is 4.79 Å². The Balaban J connectivity index is 3.06. The van der Waals surface area contributed by atoms with E-state index in [0.717, 1.165) is 6.08 Å². The van der Waals surface area contributed by atoms with Gasteiger partial charge in [-0.1, -0.05) is 15.9 Å². The molecule has 0 radical (unpaired) electrons. The minimum absolute atomic E-state index is 0.271. The molecule has 0 aliphatic carbocycles. The highest BCUT2D eigenvalue weighted by molar-refractivity contribution is 9.10. The van der Waals surface area contributed by atoms with Crippen molar-refractivity contribution >= 4 is 33.9 Å². The number of methoxy groups -OCH3 is 1. The topological polar surface area (TPSA) is 98.8 Å². The molecule has 1 rings (SSSR count). The Bertz CT molecular complexity index is 527. The summed E-state index contributed by atoms with van der Waals surface area (Å²) in [5, 5.41) is 8.58. The molecule has 0 aromatic heterocycles. The van der Waals surface area contributed by atoms with Crippen molar-refractivity contribution in [3.05, 3.63) is 28.2 Å². The van der Waals surface area contributed by atoms with Gasteiger partial charge in [0.2, 0.25) is 0 Å². The first-order valence-corrected chi connectivity index (χ1v) is 5.93. The fourth-order valence-corrected chi connectivity index (χ4v) is 1.72. The van der Waals surface area contributed by atoms with Crippen LogP contribution < -0.4 is 15.2 Å². The lowest BCUT2D eigenvalue weighted by molar-refractivity contribution is -0.131. The molecular weight excluding hydrogens is 318 g/mol. The molecule has 0 atom stereocenters. The molecule has 0 aliphatic rings. The summed E-state index contributed by atoms with van der Waals surface area (Å²) in [6.07, 6.45) is 2.41. The number of primary amides is 1. The minimum Gasteiger partial charge on any atom is -0.493 e. The van der Waals surface area contributed by atoms with E-state index in [1.54, 1.807) is 12.1 Å². The van der Waals surface area contributed by atoms with Gasteiger partial charge in [-0.2, -0.15) is 0 Å². The lowest BCUT2D eigenvalue weighted by Crippen LogP contribution is -2.20. The van der Waals surface area contributed by atoms with Crippen LogP contribution in [0, 0.1) is 0 Å². The number of carbonyl (C=O) groups excluding carboxylic acids is 1. The molecule has 0 aliphatic heterocycles. The average Bonchev–Trinajstić information content (AvgIpc) is 2.34. The van der Waals surface area contributed by atoms with E-state index in [2.05, 4.69) is 15.9 Å². The number of benzene rings is 1. The second kappa shape index (κ2) is 6.79. The monoisotopic (exact) mass is 329 g/mol. The summed E-state index contributed by atoms with van der Waals surface area (Å²) in [6.45, 7) is -0.271. The van der Waals surface area contributed by atoms with Gasteiger partial charge in [0, 0.05) is 10.5 Å². The number of rotatable bonds is 6. The third-order valence-corrected chi connectivity index (χ3v) is 2.75. The SMILES string of the molecule is COc1cc(/C=C/C(=O)O)c(Br)cc1OCC(N)=O. The fourth-order valence-electron chi connectivity index (χ4n) is 1.26. The van der Waals surface area contributed by atoms with Gasteiger partial charge in [0.15, 0.2) is 18.1 Å². The number of carbonyl (C=O) groups is 2. The molecule has 3 N–H and O–H groups in total. The molecule has 1 aromatic carbocycles. The molecule has 0 bridgehead atoms. The van der Waals surface area contributed by atoms with E-state index in [9.17, 15) is 9.59 Å². The van der Waals surface area contributed by atoms with Crippen LogP contribution in [0.25, 0.3) is 6.08 Å². The molecule has 0 fully saturated rings. The van der Waals surface area contributed by atoms with Crippen LogP contribution in [-0.4, -0.2) is 30.7 Å². The number of amides is 1. The summed E-state index contributed by atoms with van der Waals surface area (Å²) in [7, 11) is 1.44. The number of carboxylic acids is 1.